The van der Waals surface area contributed by atoms with Crippen LogP contribution in [0.2, 0.25) is 0 Å². The highest BCUT2D eigenvalue weighted by Crippen LogP contribution is 2.42. The van der Waals surface area contributed by atoms with E-state index in [1.807, 2.05) is 0 Å². The molecule has 0 radical (unpaired) electrons. The molecule has 4 rings (SSSR count). The van der Waals surface area contributed by atoms with Crippen molar-refractivity contribution in [3.8, 4) is 40.1 Å². The summed E-state index contributed by atoms with van der Waals surface area (Å²) in [6.45, 7) is -0.715. The van der Waals surface area contributed by atoms with E-state index in [0.29, 0.717) is 0 Å². The number of aliphatic hydroxyl groups excluding tert-OH is 4. The predicted molar refractivity (Wildman–Crippen MR) is 114 cm³/mol. The molecule has 12 nitrogen and oxygen atoms in total. The van der Waals surface area contributed by atoms with Crippen molar-refractivity contribution in [1.82, 2.24) is 0 Å². The van der Waals surface area contributed by atoms with E-state index in [4.69, 9.17) is 18.6 Å². The van der Waals surface area contributed by atoms with Crippen molar-refractivity contribution in [2.24, 2.45) is 0 Å². The van der Waals surface area contributed by atoms with Gasteiger partial charge in [0.2, 0.25) is 12.0 Å². The van der Waals surface area contributed by atoms with Gasteiger partial charge in [-0.2, -0.15) is 0 Å². The monoisotopic (exact) mass is 478 g/mol. The molecule has 0 aliphatic carbocycles. The molecule has 0 spiro atoms. The third-order valence-electron chi connectivity index (χ3n) is 5.46. The zero-order chi connectivity index (χ0) is 24.7. The minimum atomic E-state index is -1.81. The van der Waals surface area contributed by atoms with Crippen LogP contribution in [-0.2, 0) is 4.74 Å². The summed E-state index contributed by atoms with van der Waals surface area (Å²) in [4.78, 5) is 12.8. The first-order chi connectivity index (χ1) is 16.2. The Kier molecular flexibility index (Phi) is 6.25. The number of ether oxygens (including phenoxy) is 3. The number of fused-ring (bicyclic) bond motifs is 1. The molecule has 2 heterocycles. The summed E-state index contributed by atoms with van der Waals surface area (Å²) >= 11 is 0. The first-order valence-electron chi connectivity index (χ1n) is 10.0. The van der Waals surface area contributed by atoms with Gasteiger partial charge in [-0.05, 0) is 18.2 Å². The molecule has 5 atom stereocenters. The van der Waals surface area contributed by atoms with Crippen LogP contribution in [-0.4, -0.2) is 80.2 Å². The van der Waals surface area contributed by atoms with Gasteiger partial charge in [0.15, 0.2) is 28.3 Å². The fourth-order valence-corrected chi connectivity index (χ4v) is 3.66. The van der Waals surface area contributed by atoms with Gasteiger partial charge >= 0.3 is 0 Å². The maximum absolute atomic E-state index is 12.8. The fraction of sp³-hybridized carbons (Fsp3) is 0.318. The number of phenolic OH excluding ortho intramolecular Hbond substituents is 3. The smallest absolute Gasteiger partial charge is 0.229 e. The van der Waals surface area contributed by atoms with E-state index in [9.17, 15) is 40.5 Å². The summed E-state index contributed by atoms with van der Waals surface area (Å²) in [5.41, 5.74) is -0.895. The lowest BCUT2D eigenvalue weighted by Gasteiger charge is -2.39. The highest BCUT2D eigenvalue weighted by molar-refractivity contribution is 5.91. The maximum Gasteiger partial charge on any atom is 0.229 e. The van der Waals surface area contributed by atoms with Crippen LogP contribution in [0.25, 0.3) is 22.3 Å². The van der Waals surface area contributed by atoms with Crippen molar-refractivity contribution in [2.75, 3.05) is 13.7 Å². The van der Waals surface area contributed by atoms with E-state index in [1.165, 1.54) is 25.3 Å². The Morgan fingerprint density at radius 3 is 2.32 bits per heavy atom. The highest BCUT2D eigenvalue weighted by Gasteiger charge is 2.45. The van der Waals surface area contributed by atoms with Crippen molar-refractivity contribution < 1.29 is 54.4 Å². The van der Waals surface area contributed by atoms with Crippen LogP contribution in [0.1, 0.15) is 0 Å². The van der Waals surface area contributed by atoms with E-state index < -0.39 is 65.6 Å². The van der Waals surface area contributed by atoms with Crippen LogP contribution >= 0.6 is 0 Å². The molecule has 182 valence electrons. The summed E-state index contributed by atoms with van der Waals surface area (Å²) in [6.07, 6.45) is -8.20. The minimum Gasteiger partial charge on any atom is -0.507 e. The molecular formula is C22H22O12. The molecular weight excluding hydrogens is 456 g/mol. The summed E-state index contributed by atoms with van der Waals surface area (Å²) < 4.78 is 21.5. The Morgan fingerprint density at radius 1 is 0.941 bits per heavy atom. The van der Waals surface area contributed by atoms with Gasteiger partial charge in [-0.15, -0.1) is 0 Å². The van der Waals surface area contributed by atoms with Gasteiger partial charge in [0.1, 0.15) is 41.3 Å². The maximum atomic E-state index is 12.8. The van der Waals surface area contributed by atoms with Crippen molar-refractivity contribution in [3.05, 3.63) is 40.6 Å². The molecule has 1 saturated heterocycles. The second-order valence-electron chi connectivity index (χ2n) is 7.62. The molecule has 1 aliphatic heterocycles. The first kappa shape index (κ1) is 23.6. The van der Waals surface area contributed by atoms with E-state index in [1.54, 1.807) is 0 Å². The average molecular weight is 478 g/mol. The minimum absolute atomic E-state index is 0.0703. The molecule has 5 unspecified atom stereocenters. The number of benzene rings is 2. The number of aromatic hydroxyl groups is 3. The lowest BCUT2D eigenvalue weighted by molar-refractivity contribution is -0.277. The third kappa shape index (κ3) is 3.97. The van der Waals surface area contributed by atoms with Gasteiger partial charge in [0, 0.05) is 17.7 Å². The Balaban J connectivity index is 1.84. The lowest BCUT2D eigenvalue weighted by Crippen LogP contribution is -2.60. The number of hydrogen-bond donors (Lipinski definition) is 7. The molecule has 7 N–H and O–H groups in total. The van der Waals surface area contributed by atoms with E-state index >= 15 is 0 Å². The summed E-state index contributed by atoms with van der Waals surface area (Å²) in [6, 6.07) is 6.06. The highest BCUT2D eigenvalue weighted by atomic mass is 16.7. The number of rotatable bonds is 5. The normalized spacial score (nSPS) is 24.8. The zero-order valence-electron chi connectivity index (χ0n) is 17.7. The number of methoxy groups -OCH3 is 1. The Labute approximate surface area is 191 Å². The summed E-state index contributed by atoms with van der Waals surface area (Å²) in [7, 11) is 1.36. The SMILES string of the molecule is COc1ccc(-c2cc(=O)c3c(O)cc(O)c(OC4OC(CO)C(O)C(O)C4O)c3o2)cc1O. The molecule has 2 aromatic carbocycles. The van der Waals surface area contributed by atoms with Crippen LogP contribution in [0.5, 0.6) is 28.7 Å². The van der Waals surface area contributed by atoms with Gasteiger partial charge in [-0.25, -0.2) is 0 Å². The van der Waals surface area contributed by atoms with Crippen LogP contribution in [0.15, 0.2) is 39.5 Å². The number of phenols is 3. The van der Waals surface area contributed by atoms with E-state index in [-0.39, 0.29) is 28.2 Å². The Hall–Kier alpha value is -3.55. The average Bonchev–Trinajstić information content (AvgIpc) is 2.80. The molecule has 0 saturated carbocycles. The van der Waals surface area contributed by atoms with Crippen molar-refractivity contribution in [1.29, 1.82) is 0 Å². The molecule has 3 aromatic rings. The largest absolute Gasteiger partial charge is 0.507 e. The molecule has 34 heavy (non-hydrogen) atoms. The zero-order valence-corrected chi connectivity index (χ0v) is 17.7. The topological polar surface area (TPSA) is 200 Å². The van der Waals surface area contributed by atoms with E-state index in [2.05, 4.69) is 0 Å². The third-order valence-corrected chi connectivity index (χ3v) is 5.46. The van der Waals surface area contributed by atoms with E-state index in [0.717, 1.165) is 12.1 Å². The van der Waals surface area contributed by atoms with Gasteiger partial charge in [-0.3, -0.25) is 4.79 Å². The number of aliphatic hydroxyl groups is 4. The lowest BCUT2D eigenvalue weighted by atomic mass is 9.99. The molecule has 0 amide bonds. The van der Waals surface area contributed by atoms with Gasteiger partial charge in [-0.1, -0.05) is 0 Å². The van der Waals surface area contributed by atoms with Gasteiger partial charge in [0.25, 0.3) is 0 Å². The van der Waals surface area contributed by atoms with Crippen LogP contribution < -0.4 is 14.9 Å². The van der Waals surface area contributed by atoms with Gasteiger partial charge in [0.05, 0.1) is 13.7 Å². The summed E-state index contributed by atoms with van der Waals surface area (Å²) in [5.74, 6) is -1.97. The molecule has 0 bridgehead atoms. The van der Waals surface area contributed by atoms with Crippen LogP contribution in [0.4, 0.5) is 0 Å². The van der Waals surface area contributed by atoms with Crippen molar-refractivity contribution in [3.63, 3.8) is 0 Å². The van der Waals surface area contributed by atoms with Crippen molar-refractivity contribution in [2.45, 2.75) is 30.7 Å². The fourth-order valence-electron chi connectivity index (χ4n) is 3.66. The number of hydrogen-bond acceptors (Lipinski definition) is 12. The second-order valence-corrected chi connectivity index (χ2v) is 7.62. The standard InChI is InChI=1S/C22H22O12/c1-31-13-3-2-8(4-9(13)24)14-6-11(26)16-10(25)5-12(27)20(21(16)32-14)34-22-19(30)18(29)17(28)15(7-23)33-22/h2-6,15,17-19,22-25,27-30H,7H2,1H3. The Bertz CT molecular complexity index is 1270. The second kappa shape index (κ2) is 9.00. The van der Waals surface area contributed by atoms with Crippen LogP contribution in [0.3, 0.4) is 0 Å². The molecule has 12 heteroatoms. The van der Waals surface area contributed by atoms with Crippen LogP contribution in [0, 0.1) is 0 Å². The van der Waals surface area contributed by atoms with Crippen molar-refractivity contribution >= 4 is 11.0 Å². The molecule has 1 aromatic heterocycles. The van der Waals surface area contributed by atoms with Gasteiger partial charge < -0.3 is 54.4 Å². The first-order valence-corrected chi connectivity index (χ1v) is 10.0. The Morgan fingerprint density at radius 2 is 1.68 bits per heavy atom. The summed E-state index contributed by atoms with van der Waals surface area (Å²) in [5, 5.41) is 69.9. The quantitative estimate of drug-likeness (QED) is 0.254. The molecule has 1 fully saturated rings. The molecule has 1 aliphatic rings. The predicted octanol–water partition coefficient (Wildman–Crippen LogP) is -0.236.